The van der Waals surface area contributed by atoms with Crippen molar-refractivity contribution in [2.75, 3.05) is 39.3 Å². The second kappa shape index (κ2) is 19.9. The molecule has 5 aromatic carbocycles. The summed E-state index contributed by atoms with van der Waals surface area (Å²) in [6, 6.07) is 30.7. The van der Waals surface area contributed by atoms with Crippen LogP contribution in [-0.4, -0.2) is 50.9 Å². The number of nitrogens with zero attached hydrogens (tertiary/aromatic N) is 10. The molecule has 322 valence electrons. The van der Waals surface area contributed by atoms with Crippen LogP contribution in [0.1, 0.15) is 41.5 Å². The Bertz CT molecular complexity index is 2420. The molecule has 0 aliphatic rings. The van der Waals surface area contributed by atoms with Gasteiger partial charge < -0.3 is 24.8 Å². The van der Waals surface area contributed by atoms with Crippen LogP contribution in [0, 0.1) is 20.9 Å². The summed E-state index contributed by atoms with van der Waals surface area (Å²) in [5.74, 6) is 0.527. The smallest absolute Gasteiger partial charge is 0.314 e. The van der Waals surface area contributed by atoms with E-state index >= 15 is 0 Å². The lowest BCUT2D eigenvalue weighted by Crippen LogP contribution is -2.60. The molecule has 1 unspecified atom stereocenters. The van der Waals surface area contributed by atoms with Crippen molar-refractivity contribution < 1.29 is 23.9 Å². The Kier molecular flexibility index (Phi) is 14.7. The average molecular weight is 842 g/mol. The number of carbonyl (C=O) groups excluding carboxylic acids is 1. The number of azo groups is 4. The van der Waals surface area contributed by atoms with Crippen LogP contribution in [0.15, 0.2) is 150 Å². The highest BCUT2D eigenvalue weighted by Gasteiger charge is 2.54. The number of non-ortho nitro benzene ring substituents is 1. The lowest BCUT2D eigenvalue weighted by Gasteiger charge is -2.48. The maximum absolute atomic E-state index is 13.2. The minimum absolute atomic E-state index is 0.0137. The number of hydrogen-bond acceptors (Lipinski definition) is 16. The number of nitro groups is 1. The van der Waals surface area contributed by atoms with Crippen molar-refractivity contribution in [1.29, 1.82) is 0 Å². The number of benzene rings is 5. The lowest BCUT2D eigenvalue weighted by atomic mass is 9.58. The molecule has 0 fully saturated rings. The Morgan fingerprint density at radius 1 is 0.613 bits per heavy atom. The number of anilines is 1. The summed E-state index contributed by atoms with van der Waals surface area (Å²) >= 11 is 0. The number of likely N-dealkylation sites (N-methyl/N-ethyl adjacent to an activating group) is 1. The normalized spacial score (nSPS) is 13.2. The molecule has 0 amide bonds. The number of carbonyl (C=O) groups is 1. The molecule has 17 nitrogen and oxygen atoms in total. The van der Waals surface area contributed by atoms with Crippen molar-refractivity contribution in [2.24, 2.45) is 57.5 Å². The zero-order valence-electron chi connectivity index (χ0n) is 36.3. The van der Waals surface area contributed by atoms with Gasteiger partial charge in [-0.05, 0) is 111 Å². The molecular weight excluding hydrogens is 791 g/mol. The Balaban J connectivity index is 1.16. The van der Waals surface area contributed by atoms with Gasteiger partial charge in [0.1, 0.15) is 29.5 Å². The van der Waals surface area contributed by atoms with Gasteiger partial charge >= 0.3 is 5.97 Å². The van der Waals surface area contributed by atoms with Gasteiger partial charge in [-0.25, -0.2) is 0 Å². The summed E-state index contributed by atoms with van der Waals surface area (Å²) in [6.07, 6.45) is 0. The fourth-order valence-electron chi connectivity index (χ4n) is 6.15. The Hall–Kier alpha value is -7.27. The number of nitrogens with two attached hydrogens (primary N) is 1. The second-order valence-electron chi connectivity index (χ2n) is 16.0. The molecule has 0 saturated heterocycles. The Labute approximate surface area is 360 Å². The van der Waals surface area contributed by atoms with Gasteiger partial charge in [0.05, 0.1) is 65.2 Å². The Morgan fingerprint density at radius 2 is 0.952 bits per heavy atom. The monoisotopic (exact) mass is 841 g/mol. The molecule has 5 rings (SSSR count). The van der Waals surface area contributed by atoms with Gasteiger partial charge in [-0.1, -0.05) is 20.8 Å². The van der Waals surface area contributed by atoms with Crippen molar-refractivity contribution in [3.8, 4) is 11.5 Å². The summed E-state index contributed by atoms with van der Waals surface area (Å²) < 4.78 is 16.9. The standard InChI is InChI=1S/C45H51N11O6/c1-43(2,3)45(6,44(4,5)46)42(57)62-27-26-55(7)36-22-18-35(19-23-36)52-54-39-29-40(60-8)38(28-41(39)61-9)53-51-33-16-14-32(15-17-33)48-47-30-10-12-31(13-11-30)49-50-34-20-24-37(25-21-34)56(58)59/h10-25,28-29H,26-27,46H2,1-9H3. The van der Waals surface area contributed by atoms with Gasteiger partial charge in [-0.3, -0.25) is 14.9 Å². The van der Waals surface area contributed by atoms with E-state index in [2.05, 4.69) is 40.9 Å². The number of methoxy groups -OCH3 is 2. The molecule has 0 saturated carbocycles. The van der Waals surface area contributed by atoms with Crippen molar-refractivity contribution in [2.45, 2.75) is 47.1 Å². The fourth-order valence-corrected chi connectivity index (χ4v) is 6.15. The molecule has 0 spiro atoms. The topological polar surface area (TPSA) is 216 Å². The van der Waals surface area contributed by atoms with Gasteiger partial charge in [-0.2, -0.15) is 30.7 Å². The highest BCUT2D eigenvalue weighted by Crippen LogP contribution is 2.46. The molecule has 0 aliphatic carbocycles. The first kappa shape index (κ1) is 45.8. The van der Waals surface area contributed by atoms with Crippen LogP contribution in [0.25, 0.3) is 0 Å². The van der Waals surface area contributed by atoms with Crippen LogP contribution in [0.4, 0.5) is 56.9 Å². The van der Waals surface area contributed by atoms with Crippen molar-refractivity contribution in [3.63, 3.8) is 0 Å². The van der Waals surface area contributed by atoms with E-state index in [1.54, 1.807) is 60.7 Å². The first-order valence-electron chi connectivity index (χ1n) is 19.6. The highest BCUT2D eigenvalue weighted by molar-refractivity contribution is 5.79. The molecule has 62 heavy (non-hydrogen) atoms. The van der Waals surface area contributed by atoms with Gasteiger partial charge in [0.15, 0.2) is 0 Å². The fraction of sp³-hybridized carbons (Fsp3) is 0.311. The number of nitro benzene ring substituents is 1. The number of rotatable bonds is 17. The SMILES string of the molecule is COc1cc(N=Nc2ccc(N(C)CCOC(=O)C(C)(C(C)(C)C)C(C)(C)N)cc2)c(OC)cc1N=Nc1ccc(N=Nc2ccc(N=Nc3ccc([N+](=O)[O-])cc3)cc2)cc1. The maximum Gasteiger partial charge on any atom is 0.314 e. The van der Waals surface area contributed by atoms with Crippen LogP contribution >= 0.6 is 0 Å². The molecule has 0 bridgehead atoms. The summed E-state index contributed by atoms with van der Waals surface area (Å²) in [6.45, 7) is 12.3. The van der Waals surface area contributed by atoms with E-state index in [0.717, 1.165) is 5.69 Å². The predicted molar refractivity (Wildman–Crippen MR) is 239 cm³/mol. The molecule has 0 heterocycles. The van der Waals surface area contributed by atoms with E-state index in [1.165, 1.54) is 38.5 Å². The van der Waals surface area contributed by atoms with Crippen LogP contribution < -0.4 is 20.1 Å². The van der Waals surface area contributed by atoms with Crippen LogP contribution in [0.3, 0.4) is 0 Å². The van der Waals surface area contributed by atoms with E-state index in [4.69, 9.17) is 19.9 Å². The molecule has 0 radical (unpaired) electrons. The maximum atomic E-state index is 13.2. The first-order valence-corrected chi connectivity index (χ1v) is 19.6. The molecule has 17 heteroatoms. The first-order chi connectivity index (χ1) is 29.4. The quantitative estimate of drug-likeness (QED) is 0.0410. The summed E-state index contributed by atoms with van der Waals surface area (Å²) in [7, 11) is 4.98. The molecule has 1 atom stereocenters. The number of hydrogen-bond donors (Lipinski definition) is 1. The van der Waals surface area contributed by atoms with E-state index in [-0.39, 0.29) is 18.3 Å². The Morgan fingerprint density at radius 3 is 1.27 bits per heavy atom. The van der Waals surface area contributed by atoms with Crippen molar-refractivity contribution >= 4 is 62.8 Å². The van der Waals surface area contributed by atoms with Gasteiger partial charge in [0.2, 0.25) is 0 Å². The molecule has 0 aliphatic heterocycles. The zero-order chi connectivity index (χ0) is 45.1. The summed E-state index contributed by atoms with van der Waals surface area (Å²) in [5, 5.41) is 45.3. The van der Waals surface area contributed by atoms with Crippen LogP contribution in [0.5, 0.6) is 11.5 Å². The second-order valence-corrected chi connectivity index (χ2v) is 16.0. The minimum atomic E-state index is -0.885. The number of esters is 1. The van der Waals surface area contributed by atoms with Gasteiger partial charge in [-0.15, -0.1) is 10.2 Å². The predicted octanol–water partition coefficient (Wildman–Crippen LogP) is 13.0. The van der Waals surface area contributed by atoms with E-state index in [0.29, 0.717) is 63.5 Å². The summed E-state index contributed by atoms with van der Waals surface area (Å²) in [5.41, 5.74) is 9.65. The van der Waals surface area contributed by atoms with Crippen LogP contribution in [-0.2, 0) is 9.53 Å². The highest BCUT2D eigenvalue weighted by atomic mass is 16.6. The zero-order valence-corrected chi connectivity index (χ0v) is 36.3. The molecule has 0 aromatic heterocycles. The van der Waals surface area contributed by atoms with Crippen molar-refractivity contribution in [1.82, 2.24) is 0 Å². The minimum Gasteiger partial charge on any atom is -0.494 e. The average Bonchev–Trinajstić information content (AvgIpc) is 3.25. The van der Waals surface area contributed by atoms with Gasteiger partial charge in [0.25, 0.3) is 5.69 Å². The third-order valence-corrected chi connectivity index (χ3v) is 10.5. The van der Waals surface area contributed by atoms with E-state index < -0.39 is 21.3 Å². The molecular formula is C45H51N11O6. The van der Waals surface area contributed by atoms with E-state index in [1.807, 2.05) is 77.8 Å². The molecule has 2 N–H and O–H groups in total. The third-order valence-electron chi connectivity index (χ3n) is 10.5. The lowest BCUT2D eigenvalue weighted by molar-refractivity contribution is -0.384. The van der Waals surface area contributed by atoms with E-state index in [9.17, 15) is 14.9 Å². The largest absolute Gasteiger partial charge is 0.494 e. The van der Waals surface area contributed by atoms with Crippen LogP contribution in [0.2, 0.25) is 0 Å². The third kappa shape index (κ3) is 11.5. The van der Waals surface area contributed by atoms with Gasteiger partial charge in [0, 0.05) is 42.5 Å². The number of ether oxygens (including phenoxy) is 3. The molecule has 5 aromatic rings. The summed E-state index contributed by atoms with van der Waals surface area (Å²) in [4.78, 5) is 25.6. The van der Waals surface area contributed by atoms with Crippen molar-refractivity contribution in [3.05, 3.63) is 119 Å².